The van der Waals surface area contributed by atoms with Crippen LogP contribution in [0.15, 0.2) is 54.6 Å². The lowest BCUT2D eigenvalue weighted by Crippen LogP contribution is -2.23. The maximum Gasteiger partial charge on any atom is 0.309 e. The van der Waals surface area contributed by atoms with Gasteiger partial charge in [0.2, 0.25) is 0 Å². The molecule has 7 heteroatoms. The molecule has 1 aromatic heterocycles. The average molecular weight is 431 g/mol. The third-order valence-electron chi connectivity index (χ3n) is 5.03. The molecule has 1 heterocycles. The van der Waals surface area contributed by atoms with Crippen molar-refractivity contribution in [1.29, 1.82) is 5.26 Å². The summed E-state index contributed by atoms with van der Waals surface area (Å²) in [7, 11) is 0. The van der Waals surface area contributed by atoms with Crippen molar-refractivity contribution in [1.82, 2.24) is 4.57 Å². The third-order valence-corrected chi connectivity index (χ3v) is 5.03. The van der Waals surface area contributed by atoms with Crippen LogP contribution in [-0.2, 0) is 14.3 Å². The number of hydrogen-bond donors (Lipinski definition) is 1. The number of carbonyl (C=O) groups is 2. The standard InChI is InChI=1S/C25H25N3O4/c1-17-8-7-11-21(14-17)31-13-12-24(30)32-16-23(29)27-25-22(15-26)18(2)19(3)28(25)20-9-5-4-6-10-20/h4-11,14H,12-13,16H2,1-3H3,(H,27,29). The lowest BCUT2D eigenvalue weighted by atomic mass is 10.2. The van der Waals surface area contributed by atoms with Gasteiger partial charge < -0.3 is 14.8 Å². The minimum Gasteiger partial charge on any atom is -0.493 e. The van der Waals surface area contributed by atoms with E-state index in [2.05, 4.69) is 11.4 Å². The van der Waals surface area contributed by atoms with E-state index in [1.807, 2.05) is 79.9 Å². The molecule has 0 atom stereocenters. The number of carbonyl (C=O) groups excluding carboxylic acids is 2. The summed E-state index contributed by atoms with van der Waals surface area (Å²) < 4.78 is 12.4. The van der Waals surface area contributed by atoms with Crippen LogP contribution in [-0.4, -0.2) is 29.7 Å². The first-order chi connectivity index (χ1) is 15.4. The summed E-state index contributed by atoms with van der Waals surface area (Å²) in [4.78, 5) is 24.5. The highest BCUT2D eigenvalue weighted by Crippen LogP contribution is 2.29. The fraction of sp³-hybridized carbons (Fsp3) is 0.240. The molecule has 0 unspecified atom stereocenters. The zero-order valence-corrected chi connectivity index (χ0v) is 18.3. The van der Waals surface area contributed by atoms with Crippen LogP contribution < -0.4 is 10.1 Å². The summed E-state index contributed by atoms with van der Waals surface area (Å²) in [6.07, 6.45) is 0.0171. The summed E-state index contributed by atoms with van der Waals surface area (Å²) in [5.41, 5.74) is 3.86. The Morgan fingerprint density at radius 2 is 1.81 bits per heavy atom. The molecule has 0 saturated heterocycles. The van der Waals surface area contributed by atoms with Crippen LogP contribution in [0, 0.1) is 32.1 Å². The quantitative estimate of drug-likeness (QED) is 0.539. The van der Waals surface area contributed by atoms with Gasteiger partial charge in [-0.15, -0.1) is 0 Å². The van der Waals surface area contributed by atoms with E-state index in [4.69, 9.17) is 9.47 Å². The first-order valence-corrected chi connectivity index (χ1v) is 10.2. The largest absolute Gasteiger partial charge is 0.493 e. The minimum absolute atomic E-state index is 0.0171. The number of ether oxygens (including phenoxy) is 2. The molecule has 0 aliphatic carbocycles. The topological polar surface area (TPSA) is 93.3 Å². The molecule has 7 nitrogen and oxygen atoms in total. The van der Waals surface area contributed by atoms with Crippen LogP contribution >= 0.6 is 0 Å². The summed E-state index contributed by atoms with van der Waals surface area (Å²) in [5.74, 6) is -0.0345. The molecular weight excluding hydrogens is 406 g/mol. The van der Waals surface area contributed by atoms with Crippen molar-refractivity contribution in [2.45, 2.75) is 27.2 Å². The van der Waals surface area contributed by atoms with Crippen molar-refractivity contribution >= 4 is 17.7 Å². The molecule has 0 saturated carbocycles. The smallest absolute Gasteiger partial charge is 0.309 e. The number of amides is 1. The number of esters is 1. The van der Waals surface area contributed by atoms with Crippen molar-refractivity contribution in [3.05, 3.63) is 77.0 Å². The number of hydrogen-bond acceptors (Lipinski definition) is 5. The van der Waals surface area contributed by atoms with E-state index in [1.54, 1.807) is 0 Å². The van der Waals surface area contributed by atoms with Crippen LogP contribution in [0.25, 0.3) is 5.69 Å². The van der Waals surface area contributed by atoms with E-state index in [0.717, 1.165) is 22.5 Å². The number of benzene rings is 2. The van der Waals surface area contributed by atoms with E-state index in [1.165, 1.54) is 0 Å². The molecule has 3 aromatic rings. The zero-order valence-electron chi connectivity index (χ0n) is 18.3. The Kier molecular flexibility index (Phi) is 7.29. The maximum absolute atomic E-state index is 12.5. The molecule has 164 valence electrons. The van der Waals surface area contributed by atoms with E-state index in [0.29, 0.717) is 17.1 Å². The molecule has 0 fully saturated rings. The van der Waals surface area contributed by atoms with E-state index in [9.17, 15) is 14.9 Å². The van der Waals surface area contributed by atoms with Crippen molar-refractivity contribution in [2.24, 2.45) is 0 Å². The number of nitrogens with zero attached hydrogens (tertiary/aromatic N) is 2. The van der Waals surface area contributed by atoms with Gasteiger partial charge in [-0.2, -0.15) is 5.26 Å². The molecular formula is C25H25N3O4. The molecule has 3 rings (SSSR count). The van der Waals surface area contributed by atoms with Gasteiger partial charge in [0, 0.05) is 11.4 Å². The normalized spacial score (nSPS) is 10.3. The number of rotatable bonds is 8. The first-order valence-electron chi connectivity index (χ1n) is 10.2. The SMILES string of the molecule is Cc1cccc(OCCC(=O)OCC(=O)Nc2c(C#N)c(C)c(C)n2-c2ccccc2)c1. The molecule has 2 aromatic carbocycles. The van der Waals surface area contributed by atoms with Gasteiger partial charge in [-0.3, -0.25) is 14.2 Å². The second-order valence-corrected chi connectivity index (χ2v) is 7.34. The van der Waals surface area contributed by atoms with Gasteiger partial charge in [0.25, 0.3) is 5.91 Å². The van der Waals surface area contributed by atoms with Gasteiger partial charge >= 0.3 is 5.97 Å². The Bertz CT molecular complexity index is 1160. The van der Waals surface area contributed by atoms with Crippen LogP contribution in [0.3, 0.4) is 0 Å². The lowest BCUT2D eigenvalue weighted by Gasteiger charge is -2.13. The Morgan fingerprint density at radius 3 is 2.50 bits per heavy atom. The van der Waals surface area contributed by atoms with Crippen molar-refractivity contribution in [3.8, 4) is 17.5 Å². The Hall–Kier alpha value is -4.05. The zero-order chi connectivity index (χ0) is 23.1. The number of para-hydroxylation sites is 1. The molecule has 1 amide bonds. The molecule has 0 bridgehead atoms. The number of aromatic nitrogens is 1. The Balaban J connectivity index is 1.59. The second kappa shape index (κ2) is 10.3. The molecule has 32 heavy (non-hydrogen) atoms. The Labute approximate surface area is 187 Å². The summed E-state index contributed by atoms with van der Waals surface area (Å²) in [6.45, 7) is 5.36. The Morgan fingerprint density at radius 1 is 1.06 bits per heavy atom. The fourth-order valence-corrected chi connectivity index (χ4v) is 3.30. The molecule has 0 aliphatic heterocycles. The number of aryl methyl sites for hydroxylation is 1. The van der Waals surface area contributed by atoms with E-state index < -0.39 is 18.5 Å². The predicted octanol–water partition coefficient (Wildman–Crippen LogP) is 4.23. The van der Waals surface area contributed by atoms with Gasteiger partial charge in [0.1, 0.15) is 17.6 Å². The van der Waals surface area contributed by atoms with Gasteiger partial charge in [0.05, 0.1) is 18.6 Å². The lowest BCUT2D eigenvalue weighted by molar-refractivity contribution is -0.147. The van der Waals surface area contributed by atoms with Gasteiger partial charge in [-0.25, -0.2) is 0 Å². The van der Waals surface area contributed by atoms with Gasteiger partial charge in [0.15, 0.2) is 6.61 Å². The summed E-state index contributed by atoms with van der Waals surface area (Å²) >= 11 is 0. The number of nitriles is 1. The molecule has 1 N–H and O–H groups in total. The van der Waals surface area contributed by atoms with Crippen LogP contribution in [0.2, 0.25) is 0 Å². The monoisotopic (exact) mass is 431 g/mol. The van der Waals surface area contributed by atoms with Gasteiger partial charge in [-0.1, -0.05) is 30.3 Å². The number of nitrogens with one attached hydrogen (secondary N) is 1. The fourth-order valence-electron chi connectivity index (χ4n) is 3.30. The van der Waals surface area contributed by atoms with Crippen LogP contribution in [0.4, 0.5) is 5.82 Å². The van der Waals surface area contributed by atoms with Crippen molar-refractivity contribution < 1.29 is 19.1 Å². The first kappa shape index (κ1) is 22.6. The highest BCUT2D eigenvalue weighted by atomic mass is 16.5. The molecule has 0 spiro atoms. The third kappa shape index (κ3) is 5.35. The van der Waals surface area contributed by atoms with Crippen molar-refractivity contribution in [3.63, 3.8) is 0 Å². The predicted molar refractivity (Wildman–Crippen MR) is 121 cm³/mol. The van der Waals surface area contributed by atoms with E-state index in [-0.39, 0.29) is 13.0 Å². The average Bonchev–Trinajstić information content (AvgIpc) is 3.02. The highest BCUT2D eigenvalue weighted by molar-refractivity contribution is 5.94. The molecule has 0 aliphatic rings. The van der Waals surface area contributed by atoms with Crippen molar-refractivity contribution in [2.75, 3.05) is 18.5 Å². The summed E-state index contributed by atoms with van der Waals surface area (Å²) in [5, 5.41) is 12.3. The van der Waals surface area contributed by atoms with Crippen LogP contribution in [0.1, 0.15) is 28.8 Å². The van der Waals surface area contributed by atoms with Crippen LogP contribution in [0.5, 0.6) is 5.75 Å². The second-order valence-electron chi connectivity index (χ2n) is 7.34. The minimum atomic E-state index is -0.542. The number of anilines is 1. The highest BCUT2D eigenvalue weighted by Gasteiger charge is 2.21. The van der Waals surface area contributed by atoms with E-state index >= 15 is 0 Å². The summed E-state index contributed by atoms with van der Waals surface area (Å²) in [6, 6.07) is 19.1. The molecule has 0 radical (unpaired) electrons. The van der Waals surface area contributed by atoms with Gasteiger partial charge in [-0.05, 0) is 56.2 Å². The maximum atomic E-state index is 12.5.